The third-order valence-corrected chi connectivity index (χ3v) is 4.16. The quantitative estimate of drug-likeness (QED) is 0.611. The summed E-state index contributed by atoms with van der Waals surface area (Å²) in [5, 5.41) is 0.204. The monoisotopic (exact) mass is 366 g/mol. The molecule has 0 saturated carbocycles. The van der Waals surface area contributed by atoms with Crippen LogP contribution in [0.3, 0.4) is 0 Å². The van der Waals surface area contributed by atoms with E-state index < -0.39 is 11.1 Å². The van der Waals surface area contributed by atoms with Crippen LogP contribution in [0.1, 0.15) is 43.3 Å². The molecule has 0 fully saturated rings. The van der Waals surface area contributed by atoms with Gasteiger partial charge in [-0.2, -0.15) is 0 Å². The van der Waals surface area contributed by atoms with Gasteiger partial charge in [0.25, 0.3) is 11.1 Å². The fraction of sp³-hybridized carbons (Fsp3) is 0.286. The van der Waals surface area contributed by atoms with E-state index in [1.807, 2.05) is 20.8 Å². The molecule has 0 aliphatic rings. The van der Waals surface area contributed by atoms with Gasteiger partial charge in [-0.15, -0.1) is 0 Å². The molecule has 0 saturated heterocycles. The molecule has 6 nitrogen and oxygen atoms in total. The molecule has 0 unspecified atom stereocenters. The highest BCUT2D eigenvalue weighted by atomic mass is 16.1. The van der Waals surface area contributed by atoms with E-state index in [0.29, 0.717) is 5.69 Å². The summed E-state index contributed by atoms with van der Waals surface area (Å²) in [4.78, 5) is 35.3. The number of aromatic amines is 3. The van der Waals surface area contributed by atoms with Gasteiger partial charge < -0.3 is 15.0 Å². The molecule has 27 heavy (non-hydrogen) atoms. The van der Waals surface area contributed by atoms with Gasteiger partial charge in [-0.1, -0.05) is 51.6 Å². The van der Waals surface area contributed by atoms with Crippen LogP contribution in [-0.2, 0) is 5.41 Å². The number of aromatic nitrogens is 4. The van der Waals surface area contributed by atoms with Crippen molar-refractivity contribution in [2.24, 2.45) is 0 Å². The van der Waals surface area contributed by atoms with E-state index in [9.17, 15) is 9.59 Å². The molecule has 2 heterocycles. The summed E-state index contributed by atoms with van der Waals surface area (Å²) in [5.74, 6) is 0. The summed E-state index contributed by atoms with van der Waals surface area (Å²) in [6, 6.07) is 8.36. The molecule has 3 rings (SSSR count). The number of aryl methyl sites for hydroxylation is 2. The van der Waals surface area contributed by atoms with Crippen molar-refractivity contribution in [3.05, 3.63) is 84.5 Å². The van der Waals surface area contributed by atoms with Crippen LogP contribution in [0.5, 0.6) is 0 Å². The first kappa shape index (κ1) is 20.2. The lowest BCUT2D eigenvalue weighted by molar-refractivity contribution is 0.571. The Balaban J connectivity index is 0.000000273. The van der Waals surface area contributed by atoms with Gasteiger partial charge in [0.15, 0.2) is 0 Å². The Bertz CT molecular complexity index is 1120. The molecule has 0 radical (unpaired) electrons. The van der Waals surface area contributed by atoms with E-state index in [1.165, 1.54) is 11.1 Å². The first-order chi connectivity index (χ1) is 12.6. The summed E-state index contributed by atoms with van der Waals surface area (Å²) in [5.41, 5.74) is 3.31. The standard InChI is InChI=1S/C13H16N4O2.C8H10/c1-7-11(18)17-9(12(19)16-7)5-8-10(13(2,3)4)15-6-14-8;1-7-5-3-4-6-8(7)2/h5-6H,1H2,2-4H3,(H,14,15)(H,16,19)(H,17,18);3-6H,1-2H3/b9-5-;. The molecular weight excluding hydrogens is 340 g/mol. The van der Waals surface area contributed by atoms with Crippen molar-refractivity contribution in [1.82, 2.24) is 19.9 Å². The van der Waals surface area contributed by atoms with Crippen molar-refractivity contribution in [2.45, 2.75) is 40.0 Å². The third-order valence-electron chi connectivity index (χ3n) is 4.16. The Labute approximate surface area is 157 Å². The summed E-state index contributed by atoms with van der Waals surface area (Å²) in [6.07, 6.45) is 3.12. The van der Waals surface area contributed by atoms with Gasteiger partial charge in [0.05, 0.1) is 17.4 Å². The number of nitrogens with one attached hydrogen (secondary N) is 3. The predicted octanol–water partition coefficient (Wildman–Crippen LogP) is 1.63. The van der Waals surface area contributed by atoms with Gasteiger partial charge >= 0.3 is 0 Å². The fourth-order valence-corrected chi connectivity index (χ4v) is 2.43. The molecular formula is C21H26N4O2. The molecule has 0 atom stereocenters. The molecule has 0 bridgehead atoms. The van der Waals surface area contributed by atoms with Crippen LogP contribution in [0.4, 0.5) is 0 Å². The summed E-state index contributed by atoms with van der Waals surface area (Å²) in [7, 11) is 0. The second-order valence-corrected chi connectivity index (χ2v) is 7.44. The van der Waals surface area contributed by atoms with Gasteiger partial charge in [0.2, 0.25) is 0 Å². The van der Waals surface area contributed by atoms with Crippen LogP contribution < -0.4 is 21.8 Å². The lowest BCUT2D eigenvalue weighted by Crippen LogP contribution is -2.46. The Hall–Kier alpha value is -3.15. The average molecular weight is 366 g/mol. The Morgan fingerprint density at radius 2 is 1.59 bits per heavy atom. The number of hydrogen-bond donors (Lipinski definition) is 3. The minimum atomic E-state index is -0.418. The van der Waals surface area contributed by atoms with E-state index in [1.54, 1.807) is 12.4 Å². The summed E-state index contributed by atoms with van der Waals surface area (Å²) < 4.78 is 0. The van der Waals surface area contributed by atoms with Crippen molar-refractivity contribution in [2.75, 3.05) is 0 Å². The smallest absolute Gasteiger partial charge is 0.272 e. The van der Waals surface area contributed by atoms with Crippen LogP contribution in [0.25, 0.3) is 12.7 Å². The number of imidazole rings is 1. The van der Waals surface area contributed by atoms with Crippen molar-refractivity contribution < 1.29 is 0 Å². The van der Waals surface area contributed by atoms with Crippen LogP contribution in [0, 0.1) is 13.8 Å². The van der Waals surface area contributed by atoms with Crippen LogP contribution in [0.2, 0.25) is 0 Å². The zero-order valence-electron chi connectivity index (χ0n) is 16.4. The van der Waals surface area contributed by atoms with Gasteiger partial charge in [0.1, 0.15) is 5.35 Å². The number of hydrogen-bond acceptors (Lipinski definition) is 3. The van der Waals surface area contributed by atoms with Gasteiger partial charge in [-0.25, -0.2) is 4.98 Å². The van der Waals surface area contributed by atoms with E-state index in [-0.39, 0.29) is 16.1 Å². The number of benzene rings is 1. The van der Waals surface area contributed by atoms with E-state index in [2.05, 4.69) is 64.6 Å². The normalized spacial score (nSPS) is 11.8. The molecule has 3 N–H and O–H groups in total. The van der Waals surface area contributed by atoms with E-state index in [0.717, 1.165) is 5.69 Å². The van der Waals surface area contributed by atoms with Gasteiger partial charge in [-0.3, -0.25) is 9.59 Å². The van der Waals surface area contributed by atoms with E-state index >= 15 is 0 Å². The molecule has 3 aromatic rings. The minimum absolute atomic E-state index is 0.0419. The van der Waals surface area contributed by atoms with Crippen LogP contribution in [-0.4, -0.2) is 19.9 Å². The van der Waals surface area contributed by atoms with Crippen molar-refractivity contribution in [3.8, 4) is 0 Å². The SMILES string of the molecule is C=c1[nH]c(=O)/c(=C/c2nc[nH]c2C(C)(C)C)[nH]c1=O.Cc1ccccc1C. The predicted molar refractivity (Wildman–Crippen MR) is 109 cm³/mol. The highest BCUT2D eigenvalue weighted by Gasteiger charge is 2.19. The van der Waals surface area contributed by atoms with Crippen molar-refractivity contribution in [3.63, 3.8) is 0 Å². The molecule has 142 valence electrons. The number of nitrogens with zero attached hydrogens (tertiary/aromatic N) is 1. The zero-order valence-corrected chi connectivity index (χ0v) is 16.4. The minimum Gasteiger partial charge on any atom is -0.348 e. The molecule has 2 aromatic heterocycles. The third kappa shape index (κ3) is 5.17. The maximum Gasteiger partial charge on any atom is 0.272 e. The zero-order chi connectivity index (χ0) is 20.2. The lowest BCUT2D eigenvalue weighted by Gasteiger charge is -2.16. The average Bonchev–Trinajstić information content (AvgIpc) is 3.05. The highest BCUT2D eigenvalue weighted by molar-refractivity contribution is 5.47. The first-order valence-electron chi connectivity index (χ1n) is 8.69. The van der Waals surface area contributed by atoms with Gasteiger partial charge in [0, 0.05) is 11.1 Å². The lowest BCUT2D eigenvalue weighted by atomic mass is 9.90. The maximum atomic E-state index is 11.7. The first-order valence-corrected chi connectivity index (χ1v) is 8.69. The van der Waals surface area contributed by atoms with Crippen molar-refractivity contribution >= 4 is 12.7 Å². The summed E-state index contributed by atoms with van der Waals surface area (Å²) >= 11 is 0. The molecule has 0 aliphatic carbocycles. The second-order valence-electron chi connectivity index (χ2n) is 7.44. The number of rotatable bonds is 1. The molecule has 0 spiro atoms. The topological polar surface area (TPSA) is 94.4 Å². The van der Waals surface area contributed by atoms with Crippen LogP contribution in [0.15, 0.2) is 40.2 Å². The Morgan fingerprint density at radius 1 is 1.00 bits per heavy atom. The molecule has 0 amide bonds. The van der Waals surface area contributed by atoms with E-state index in [4.69, 9.17) is 0 Å². The number of H-pyrrole nitrogens is 3. The van der Waals surface area contributed by atoms with Gasteiger partial charge in [-0.05, 0) is 31.1 Å². The van der Waals surface area contributed by atoms with Crippen LogP contribution >= 0.6 is 0 Å². The van der Waals surface area contributed by atoms with Crippen molar-refractivity contribution in [1.29, 1.82) is 0 Å². The highest BCUT2D eigenvalue weighted by Crippen LogP contribution is 2.22. The fourth-order valence-electron chi connectivity index (χ4n) is 2.43. The Morgan fingerprint density at radius 3 is 2.11 bits per heavy atom. The maximum absolute atomic E-state index is 11.7. The summed E-state index contributed by atoms with van der Waals surface area (Å²) in [6.45, 7) is 13.8. The Kier molecular flexibility index (Phi) is 6.00. The largest absolute Gasteiger partial charge is 0.348 e. The molecule has 0 aliphatic heterocycles. The second kappa shape index (κ2) is 8.03. The molecule has 1 aromatic carbocycles. The molecule has 6 heteroatoms.